The molecule has 2 amide bonds. The molecule has 0 aromatic heterocycles. The largest absolute Gasteiger partial charge is 0.459 e. The van der Waals surface area contributed by atoms with Crippen molar-refractivity contribution in [1.82, 2.24) is 4.90 Å². The van der Waals surface area contributed by atoms with Gasteiger partial charge in [-0.3, -0.25) is 19.3 Å². The normalized spacial score (nSPS) is 18.2. The average molecular weight is 363 g/mol. The number of imide groups is 1. The number of ether oxygens (including phenoxy) is 3. The second-order valence-electron chi connectivity index (χ2n) is 6.47. The second kappa shape index (κ2) is 6.44. The molecule has 2 heterocycles. The van der Waals surface area contributed by atoms with Crippen molar-refractivity contribution in [3.63, 3.8) is 0 Å². The van der Waals surface area contributed by atoms with Crippen molar-refractivity contribution in [2.75, 3.05) is 13.3 Å². The Bertz CT molecular complexity index is 780. The van der Waals surface area contributed by atoms with Gasteiger partial charge in [-0.15, -0.1) is 0 Å². The number of carbonyl (C=O) groups excluding carboxylic acids is 3. The van der Waals surface area contributed by atoms with Gasteiger partial charge in [0, 0.05) is 0 Å². The molecule has 8 heteroatoms. The molecule has 0 unspecified atom stereocenters. The minimum absolute atomic E-state index is 0.158. The monoisotopic (exact) mass is 363 g/mol. The Morgan fingerprint density at radius 3 is 2.72 bits per heavy atom. The van der Waals surface area contributed by atoms with Crippen LogP contribution in [0.4, 0.5) is 4.79 Å². The Morgan fingerprint density at radius 1 is 1.28 bits per heavy atom. The maximum atomic E-state index is 12.4. The highest BCUT2D eigenvalue weighted by molar-refractivity contribution is 8.18. The number of nitrogens with zero attached hydrogens (tertiary/aromatic N) is 1. The lowest BCUT2D eigenvalue weighted by molar-refractivity contribution is -0.156. The number of rotatable bonds is 3. The number of hydrogen-bond donors (Lipinski definition) is 0. The van der Waals surface area contributed by atoms with Crippen LogP contribution in [-0.2, 0) is 14.3 Å². The molecule has 0 spiro atoms. The van der Waals surface area contributed by atoms with Crippen molar-refractivity contribution in [3.8, 4) is 11.5 Å². The first kappa shape index (κ1) is 17.3. The third-order valence-electron chi connectivity index (χ3n) is 3.28. The summed E-state index contributed by atoms with van der Waals surface area (Å²) in [5, 5.41) is -0.497. The SMILES string of the molecule is CC(C)(C)OC(=O)CN1C(=O)SC(=Cc2ccc3c(c2)OCO3)C1=O. The second-order valence-corrected chi connectivity index (χ2v) is 7.46. The smallest absolute Gasteiger partial charge is 0.326 e. The van der Waals surface area contributed by atoms with Crippen LogP contribution in [0.3, 0.4) is 0 Å². The van der Waals surface area contributed by atoms with Gasteiger partial charge in [-0.25, -0.2) is 0 Å². The molecule has 2 aliphatic rings. The third kappa shape index (κ3) is 3.96. The fraction of sp³-hybridized carbons (Fsp3) is 0.353. The molecule has 0 saturated carbocycles. The Labute approximate surface area is 148 Å². The molecule has 1 fully saturated rings. The van der Waals surface area contributed by atoms with E-state index in [1.807, 2.05) is 0 Å². The predicted molar refractivity (Wildman–Crippen MR) is 91.1 cm³/mol. The van der Waals surface area contributed by atoms with Crippen LogP contribution in [0.1, 0.15) is 26.3 Å². The number of hydrogen-bond acceptors (Lipinski definition) is 7. The van der Waals surface area contributed by atoms with Gasteiger partial charge >= 0.3 is 5.97 Å². The fourth-order valence-electron chi connectivity index (χ4n) is 2.29. The summed E-state index contributed by atoms with van der Waals surface area (Å²) in [4.78, 5) is 37.5. The molecule has 2 aliphatic heterocycles. The molecule has 132 valence electrons. The lowest BCUT2D eigenvalue weighted by Crippen LogP contribution is -2.37. The van der Waals surface area contributed by atoms with Crippen LogP contribution < -0.4 is 9.47 Å². The average Bonchev–Trinajstić information content (AvgIpc) is 3.05. The van der Waals surface area contributed by atoms with E-state index in [-0.39, 0.29) is 11.7 Å². The first-order chi connectivity index (χ1) is 11.7. The fourth-order valence-corrected chi connectivity index (χ4v) is 3.13. The lowest BCUT2D eigenvalue weighted by Gasteiger charge is -2.21. The van der Waals surface area contributed by atoms with Crippen LogP contribution in [-0.4, -0.2) is 41.0 Å². The van der Waals surface area contributed by atoms with Gasteiger partial charge in [0.25, 0.3) is 11.1 Å². The summed E-state index contributed by atoms with van der Waals surface area (Å²) in [7, 11) is 0. The molecular formula is C17H17NO6S. The van der Waals surface area contributed by atoms with E-state index in [4.69, 9.17) is 14.2 Å². The van der Waals surface area contributed by atoms with Crippen LogP contribution in [0, 0.1) is 0 Å². The van der Waals surface area contributed by atoms with E-state index in [2.05, 4.69) is 0 Å². The van der Waals surface area contributed by atoms with Crippen LogP contribution in [0.2, 0.25) is 0 Å². The van der Waals surface area contributed by atoms with Gasteiger partial charge in [-0.2, -0.15) is 0 Å². The molecule has 0 bridgehead atoms. The molecule has 1 aromatic carbocycles. The van der Waals surface area contributed by atoms with Gasteiger partial charge in [0.2, 0.25) is 6.79 Å². The number of fused-ring (bicyclic) bond motifs is 1. The Hall–Kier alpha value is -2.48. The van der Waals surface area contributed by atoms with Crippen molar-refractivity contribution in [1.29, 1.82) is 0 Å². The van der Waals surface area contributed by atoms with Crippen molar-refractivity contribution >= 4 is 35.0 Å². The highest BCUT2D eigenvalue weighted by Crippen LogP contribution is 2.36. The first-order valence-electron chi connectivity index (χ1n) is 7.60. The predicted octanol–water partition coefficient (Wildman–Crippen LogP) is 2.79. The third-order valence-corrected chi connectivity index (χ3v) is 4.18. The highest BCUT2D eigenvalue weighted by Gasteiger charge is 2.37. The van der Waals surface area contributed by atoms with Gasteiger partial charge in [0.1, 0.15) is 12.1 Å². The topological polar surface area (TPSA) is 82.1 Å². The van der Waals surface area contributed by atoms with Crippen LogP contribution >= 0.6 is 11.8 Å². The lowest BCUT2D eigenvalue weighted by atomic mass is 10.2. The minimum Gasteiger partial charge on any atom is -0.459 e. The molecule has 1 aromatic rings. The van der Waals surface area contributed by atoms with Gasteiger partial charge in [-0.05, 0) is 56.3 Å². The molecular weight excluding hydrogens is 346 g/mol. The van der Waals surface area contributed by atoms with Gasteiger partial charge < -0.3 is 14.2 Å². The van der Waals surface area contributed by atoms with Crippen molar-refractivity contribution < 1.29 is 28.6 Å². The quantitative estimate of drug-likeness (QED) is 0.603. The zero-order valence-corrected chi connectivity index (χ0v) is 14.8. The summed E-state index contributed by atoms with van der Waals surface area (Å²) in [5.41, 5.74) is 0.0216. The molecule has 0 radical (unpaired) electrons. The molecule has 7 nitrogen and oxygen atoms in total. The van der Waals surface area contributed by atoms with Crippen LogP contribution in [0.15, 0.2) is 23.1 Å². The standard InChI is InChI=1S/C17H17NO6S/c1-17(2,3)24-14(19)8-18-15(20)13(25-16(18)21)7-10-4-5-11-12(6-10)23-9-22-11/h4-7H,8-9H2,1-3H3. The molecule has 0 N–H and O–H groups in total. The summed E-state index contributed by atoms with van der Waals surface area (Å²) < 4.78 is 15.7. The summed E-state index contributed by atoms with van der Waals surface area (Å²) in [6.45, 7) is 4.92. The number of benzene rings is 1. The number of thioether (sulfide) groups is 1. The van der Waals surface area contributed by atoms with E-state index < -0.39 is 29.3 Å². The van der Waals surface area contributed by atoms with Crippen molar-refractivity contribution in [3.05, 3.63) is 28.7 Å². The number of amides is 2. The minimum atomic E-state index is -0.679. The summed E-state index contributed by atoms with van der Waals surface area (Å²) in [6, 6.07) is 5.22. The summed E-state index contributed by atoms with van der Waals surface area (Å²) in [5.74, 6) is 0.0783. The van der Waals surface area contributed by atoms with E-state index in [0.29, 0.717) is 17.1 Å². The van der Waals surface area contributed by atoms with Crippen LogP contribution in [0.25, 0.3) is 6.08 Å². The summed E-state index contributed by atoms with van der Waals surface area (Å²) in [6.07, 6.45) is 1.59. The highest BCUT2D eigenvalue weighted by atomic mass is 32.2. The molecule has 0 aliphatic carbocycles. The summed E-state index contributed by atoms with van der Waals surface area (Å²) >= 11 is 0.789. The maximum absolute atomic E-state index is 12.4. The molecule has 3 rings (SSSR count). The molecule has 0 atom stereocenters. The van der Waals surface area contributed by atoms with Crippen molar-refractivity contribution in [2.45, 2.75) is 26.4 Å². The van der Waals surface area contributed by atoms with Gasteiger partial charge in [0.05, 0.1) is 4.91 Å². The van der Waals surface area contributed by atoms with E-state index in [0.717, 1.165) is 16.7 Å². The van der Waals surface area contributed by atoms with Crippen molar-refractivity contribution in [2.24, 2.45) is 0 Å². The van der Waals surface area contributed by atoms with Crippen LogP contribution in [0.5, 0.6) is 11.5 Å². The van der Waals surface area contributed by atoms with Gasteiger partial charge in [0.15, 0.2) is 11.5 Å². The van der Waals surface area contributed by atoms with E-state index in [9.17, 15) is 14.4 Å². The zero-order chi connectivity index (χ0) is 18.2. The zero-order valence-electron chi connectivity index (χ0n) is 14.0. The molecule has 25 heavy (non-hydrogen) atoms. The Morgan fingerprint density at radius 2 is 2.00 bits per heavy atom. The Balaban J connectivity index is 1.73. The number of esters is 1. The van der Waals surface area contributed by atoms with E-state index >= 15 is 0 Å². The van der Waals surface area contributed by atoms with E-state index in [1.165, 1.54) is 0 Å². The maximum Gasteiger partial charge on any atom is 0.326 e. The first-order valence-corrected chi connectivity index (χ1v) is 8.41. The molecule has 1 saturated heterocycles. The van der Waals surface area contributed by atoms with E-state index in [1.54, 1.807) is 45.0 Å². The van der Waals surface area contributed by atoms with Gasteiger partial charge in [-0.1, -0.05) is 6.07 Å². The number of carbonyl (C=O) groups is 3. The Kier molecular flexibility index (Phi) is 4.47.